The fourth-order valence-corrected chi connectivity index (χ4v) is 4.10. The number of rotatable bonds is 8. The Labute approximate surface area is 187 Å². The summed E-state index contributed by atoms with van der Waals surface area (Å²) in [6.45, 7) is 2.68. The first-order valence-corrected chi connectivity index (χ1v) is 10.8. The Morgan fingerprint density at radius 2 is 2.10 bits per heavy atom. The van der Waals surface area contributed by atoms with Crippen molar-refractivity contribution in [3.8, 4) is 0 Å². The summed E-state index contributed by atoms with van der Waals surface area (Å²) in [7, 11) is 1.61. The third-order valence-corrected chi connectivity index (χ3v) is 5.84. The van der Waals surface area contributed by atoms with Crippen molar-refractivity contribution in [1.82, 2.24) is 14.5 Å². The molecule has 2 aromatic heterocycles. The number of fused-ring (bicyclic) bond motifs is 1. The van der Waals surface area contributed by atoms with Crippen molar-refractivity contribution in [2.24, 2.45) is 0 Å². The second kappa shape index (κ2) is 10.3. The molecule has 158 valence electrons. The number of pyridine rings is 1. The largest absolute Gasteiger partial charge is 0.385 e. The molecule has 1 unspecified atom stereocenters. The first kappa shape index (κ1) is 22.6. The number of amides is 1. The van der Waals surface area contributed by atoms with E-state index >= 15 is 0 Å². The topological polar surface area (TPSA) is 86.1 Å². The van der Waals surface area contributed by atoms with Crippen LogP contribution in [-0.4, -0.2) is 39.4 Å². The van der Waals surface area contributed by atoms with Crippen molar-refractivity contribution in [3.63, 3.8) is 0 Å². The highest BCUT2D eigenvalue weighted by molar-refractivity contribution is 8.00. The smallest absolute Gasteiger partial charge is 0.262 e. The summed E-state index contributed by atoms with van der Waals surface area (Å²) in [6.07, 6.45) is 2.05. The van der Waals surface area contributed by atoms with Gasteiger partial charge in [0, 0.05) is 26.5 Å². The molecule has 10 heteroatoms. The van der Waals surface area contributed by atoms with Gasteiger partial charge in [0.15, 0.2) is 11.0 Å². The Balaban J connectivity index is 1.86. The summed E-state index contributed by atoms with van der Waals surface area (Å²) < 4.78 is 6.69. The molecule has 30 heavy (non-hydrogen) atoms. The number of hydrogen-bond donors (Lipinski definition) is 1. The van der Waals surface area contributed by atoms with Crippen molar-refractivity contribution in [2.75, 3.05) is 19.0 Å². The van der Waals surface area contributed by atoms with Gasteiger partial charge in [0.2, 0.25) is 5.91 Å². The molecule has 3 aromatic rings. The van der Waals surface area contributed by atoms with Gasteiger partial charge in [0.05, 0.1) is 26.2 Å². The maximum absolute atomic E-state index is 13.0. The van der Waals surface area contributed by atoms with Crippen LogP contribution in [0.1, 0.15) is 13.3 Å². The van der Waals surface area contributed by atoms with Crippen molar-refractivity contribution >= 4 is 57.6 Å². The summed E-state index contributed by atoms with van der Waals surface area (Å²) in [5.41, 5.74) is 0.442. The standard InChI is InChI=1S/C20H20Cl2N4O3S/c1-12(18(27)25-17-15(22)10-13(21)11-23-17)30-20-24-16-7-4-3-6-14(16)19(28)26(20)8-5-9-29-2/h3-4,6-7,10-12H,5,8-9H2,1-2H3,(H,23,25,27). The fraction of sp³-hybridized carbons (Fsp3) is 0.300. The van der Waals surface area contributed by atoms with E-state index < -0.39 is 5.25 Å². The highest BCUT2D eigenvalue weighted by Gasteiger charge is 2.20. The Bertz CT molecular complexity index is 1120. The quantitative estimate of drug-likeness (QED) is 0.303. The molecule has 0 saturated heterocycles. The van der Waals surface area contributed by atoms with E-state index in [1.807, 2.05) is 6.07 Å². The first-order chi connectivity index (χ1) is 14.4. The van der Waals surface area contributed by atoms with Crippen molar-refractivity contribution in [3.05, 3.63) is 56.9 Å². The second-order valence-corrected chi connectivity index (χ2v) is 8.60. The van der Waals surface area contributed by atoms with Gasteiger partial charge in [0.1, 0.15) is 0 Å². The minimum atomic E-state index is -0.555. The van der Waals surface area contributed by atoms with Gasteiger partial charge in [-0.1, -0.05) is 47.1 Å². The molecular weight excluding hydrogens is 447 g/mol. The van der Waals surface area contributed by atoms with Crippen LogP contribution >= 0.6 is 35.0 Å². The Morgan fingerprint density at radius 3 is 2.83 bits per heavy atom. The van der Waals surface area contributed by atoms with E-state index in [0.29, 0.717) is 40.7 Å². The predicted octanol–water partition coefficient (Wildman–Crippen LogP) is 4.25. The molecule has 1 N–H and O–H groups in total. The Hall–Kier alpha value is -2.13. The van der Waals surface area contributed by atoms with Crippen LogP contribution in [0.3, 0.4) is 0 Å². The van der Waals surface area contributed by atoms with Crippen LogP contribution in [-0.2, 0) is 16.1 Å². The molecule has 0 aliphatic rings. The lowest BCUT2D eigenvalue weighted by atomic mass is 10.2. The maximum atomic E-state index is 13.0. The van der Waals surface area contributed by atoms with Gasteiger partial charge < -0.3 is 10.1 Å². The van der Waals surface area contributed by atoms with Crippen LogP contribution in [0.4, 0.5) is 5.82 Å². The first-order valence-electron chi connectivity index (χ1n) is 9.17. The van der Waals surface area contributed by atoms with Crippen molar-refractivity contribution < 1.29 is 9.53 Å². The van der Waals surface area contributed by atoms with Crippen molar-refractivity contribution in [2.45, 2.75) is 30.3 Å². The minimum absolute atomic E-state index is 0.144. The van der Waals surface area contributed by atoms with Gasteiger partial charge >= 0.3 is 0 Å². The second-order valence-electron chi connectivity index (χ2n) is 6.45. The number of ether oxygens (including phenoxy) is 1. The predicted molar refractivity (Wildman–Crippen MR) is 121 cm³/mol. The van der Waals surface area contributed by atoms with Gasteiger partial charge in [-0.25, -0.2) is 9.97 Å². The third-order valence-electron chi connectivity index (χ3n) is 4.26. The number of aromatic nitrogens is 3. The maximum Gasteiger partial charge on any atom is 0.262 e. The molecule has 7 nitrogen and oxygen atoms in total. The summed E-state index contributed by atoms with van der Waals surface area (Å²) in [5.74, 6) is -0.0926. The fourth-order valence-electron chi connectivity index (χ4n) is 2.74. The highest BCUT2D eigenvalue weighted by Crippen LogP contribution is 2.26. The Kier molecular flexibility index (Phi) is 7.71. The van der Waals surface area contributed by atoms with Crippen LogP contribution in [0.25, 0.3) is 10.9 Å². The number of nitrogens with one attached hydrogen (secondary N) is 1. The molecule has 1 amide bonds. The zero-order valence-electron chi connectivity index (χ0n) is 16.4. The molecule has 0 bridgehead atoms. The van der Waals surface area contributed by atoms with Gasteiger partial charge in [-0.05, 0) is 31.5 Å². The SMILES string of the molecule is COCCCn1c(SC(C)C(=O)Nc2ncc(Cl)cc2Cl)nc2ccccc2c1=O. The van der Waals surface area contributed by atoms with Crippen LogP contribution < -0.4 is 10.9 Å². The number of thioether (sulfide) groups is 1. The molecule has 0 aliphatic heterocycles. The van der Waals surface area contributed by atoms with Crippen LogP contribution in [0, 0.1) is 0 Å². The number of nitrogens with zero attached hydrogens (tertiary/aromatic N) is 3. The molecular formula is C20H20Cl2N4O3S. The van der Waals surface area contributed by atoms with E-state index in [9.17, 15) is 9.59 Å². The van der Waals surface area contributed by atoms with E-state index in [1.54, 1.807) is 36.8 Å². The van der Waals surface area contributed by atoms with Gasteiger partial charge in [-0.15, -0.1) is 0 Å². The number of para-hydroxylation sites is 1. The molecule has 1 aromatic carbocycles. The number of methoxy groups -OCH3 is 1. The molecule has 0 saturated carbocycles. The number of anilines is 1. The van der Waals surface area contributed by atoms with E-state index in [0.717, 1.165) is 0 Å². The Morgan fingerprint density at radius 1 is 1.33 bits per heavy atom. The molecule has 2 heterocycles. The van der Waals surface area contributed by atoms with Gasteiger partial charge in [0.25, 0.3) is 5.56 Å². The summed E-state index contributed by atoms with van der Waals surface area (Å²) >= 11 is 13.1. The van der Waals surface area contributed by atoms with Crippen LogP contribution in [0.15, 0.2) is 46.5 Å². The zero-order valence-corrected chi connectivity index (χ0v) is 18.7. The van der Waals surface area contributed by atoms with E-state index in [2.05, 4.69) is 15.3 Å². The number of halogens is 2. The average Bonchev–Trinajstić information content (AvgIpc) is 2.72. The molecule has 3 rings (SSSR count). The highest BCUT2D eigenvalue weighted by atomic mass is 35.5. The molecule has 0 radical (unpaired) electrons. The summed E-state index contributed by atoms with van der Waals surface area (Å²) in [5, 5.41) is 3.75. The molecule has 0 aliphatic carbocycles. The van der Waals surface area contributed by atoms with Gasteiger partial charge in [-0.3, -0.25) is 14.2 Å². The zero-order chi connectivity index (χ0) is 21.7. The van der Waals surface area contributed by atoms with E-state index in [4.69, 9.17) is 27.9 Å². The normalized spacial score (nSPS) is 12.1. The average molecular weight is 467 g/mol. The minimum Gasteiger partial charge on any atom is -0.385 e. The van der Waals surface area contributed by atoms with Crippen LogP contribution in [0.2, 0.25) is 10.0 Å². The number of carbonyl (C=O) groups excluding carboxylic acids is 1. The molecule has 0 fully saturated rings. The van der Waals surface area contributed by atoms with E-state index in [1.165, 1.54) is 24.0 Å². The lowest BCUT2D eigenvalue weighted by Crippen LogP contribution is -2.27. The van der Waals surface area contributed by atoms with Crippen molar-refractivity contribution in [1.29, 1.82) is 0 Å². The molecule has 1 atom stereocenters. The molecule has 0 spiro atoms. The van der Waals surface area contributed by atoms with E-state index in [-0.39, 0.29) is 22.3 Å². The van der Waals surface area contributed by atoms with Gasteiger partial charge in [-0.2, -0.15) is 0 Å². The monoisotopic (exact) mass is 466 g/mol. The van der Waals surface area contributed by atoms with Crippen LogP contribution in [0.5, 0.6) is 0 Å². The number of carbonyl (C=O) groups is 1. The summed E-state index contributed by atoms with van der Waals surface area (Å²) in [6, 6.07) is 8.65. The third kappa shape index (κ3) is 5.31. The number of benzene rings is 1. The summed E-state index contributed by atoms with van der Waals surface area (Å²) in [4.78, 5) is 34.3. The lowest BCUT2D eigenvalue weighted by Gasteiger charge is -2.16. The number of hydrogen-bond acceptors (Lipinski definition) is 6. The lowest BCUT2D eigenvalue weighted by molar-refractivity contribution is -0.115.